The van der Waals surface area contributed by atoms with Crippen LogP contribution in [0.1, 0.15) is 38.7 Å². The average molecular weight is 391 g/mol. The number of nitrogens with zero attached hydrogens (tertiary/aromatic N) is 4. The highest BCUT2D eigenvalue weighted by molar-refractivity contribution is 6.03. The van der Waals surface area contributed by atoms with Gasteiger partial charge in [-0.05, 0) is 26.3 Å². The molecule has 0 atom stereocenters. The molecule has 0 unspecified atom stereocenters. The molecule has 0 spiro atoms. The standard InChI is InChI=1S/C19H20F3N5O/c1-11-6-5-7-14(8-11)10-27-13(3)17(12(2)24-27)23-18(28)15-9-16(19(20,21)22)26(4)25-15/h5-9H,10H2,1-4H3,(H,23,28). The van der Waals surface area contributed by atoms with Gasteiger partial charge < -0.3 is 5.32 Å². The minimum Gasteiger partial charge on any atom is -0.317 e. The van der Waals surface area contributed by atoms with Crippen molar-refractivity contribution in [3.05, 3.63) is 64.2 Å². The number of alkyl halides is 3. The number of benzene rings is 1. The molecule has 0 aliphatic carbocycles. The second-order valence-electron chi connectivity index (χ2n) is 6.68. The van der Waals surface area contributed by atoms with Gasteiger partial charge in [0.25, 0.3) is 5.91 Å². The Morgan fingerprint density at radius 3 is 2.46 bits per heavy atom. The zero-order valence-electron chi connectivity index (χ0n) is 15.9. The average Bonchev–Trinajstić information content (AvgIpc) is 3.10. The quantitative estimate of drug-likeness (QED) is 0.735. The lowest BCUT2D eigenvalue weighted by molar-refractivity contribution is -0.143. The Bertz CT molecular complexity index is 1030. The lowest BCUT2D eigenvalue weighted by atomic mass is 10.1. The molecule has 0 bridgehead atoms. The Balaban J connectivity index is 1.83. The van der Waals surface area contributed by atoms with E-state index in [-0.39, 0.29) is 5.69 Å². The van der Waals surface area contributed by atoms with E-state index in [0.717, 1.165) is 24.2 Å². The van der Waals surface area contributed by atoms with Gasteiger partial charge in [0.1, 0.15) is 5.69 Å². The molecule has 0 aliphatic rings. The largest absolute Gasteiger partial charge is 0.433 e. The van der Waals surface area contributed by atoms with E-state index in [1.807, 2.05) is 31.2 Å². The van der Waals surface area contributed by atoms with Crippen molar-refractivity contribution in [2.45, 2.75) is 33.5 Å². The summed E-state index contributed by atoms with van der Waals surface area (Å²) in [6.07, 6.45) is -4.58. The number of nitrogens with one attached hydrogen (secondary N) is 1. The van der Waals surface area contributed by atoms with Crippen molar-refractivity contribution in [3.8, 4) is 0 Å². The van der Waals surface area contributed by atoms with Crippen LogP contribution in [0.5, 0.6) is 0 Å². The first-order chi connectivity index (χ1) is 13.1. The molecule has 28 heavy (non-hydrogen) atoms. The number of hydrogen-bond donors (Lipinski definition) is 1. The number of aryl methyl sites for hydroxylation is 3. The van der Waals surface area contributed by atoms with Gasteiger partial charge in [-0.15, -0.1) is 0 Å². The van der Waals surface area contributed by atoms with Crippen molar-refractivity contribution in [2.75, 3.05) is 5.32 Å². The van der Waals surface area contributed by atoms with E-state index in [0.29, 0.717) is 28.3 Å². The summed E-state index contributed by atoms with van der Waals surface area (Å²) in [5.74, 6) is -0.715. The maximum absolute atomic E-state index is 12.9. The molecule has 148 valence electrons. The molecule has 9 heteroatoms. The molecular weight excluding hydrogens is 371 g/mol. The Hall–Kier alpha value is -3.10. The molecular formula is C19H20F3N5O. The fourth-order valence-corrected chi connectivity index (χ4v) is 3.04. The van der Waals surface area contributed by atoms with E-state index in [2.05, 4.69) is 15.5 Å². The van der Waals surface area contributed by atoms with Gasteiger partial charge in [0.15, 0.2) is 5.69 Å². The predicted molar refractivity (Wildman–Crippen MR) is 98.1 cm³/mol. The number of amides is 1. The third kappa shape index (κ3) is 3.92. The van der Waals surface area contributed by atoms with Gasteiger partial charge in [-0.2, -0.15) is 23.4 Å². The number of carbonyl (C=O) groups is 1. The third-order valence-corrected chi connectivity index (χ3v) is 4.44. The SMILES string of the molecule is Cc1cccc(Cn2nc(C)c(NC(=O)c3cc(C(F)(F)F)n(C)n3)c2C)c1. The summed E-state index contributed by atoms with van der Waals surface area (Å²) in [5, 5.41) is 10.8. The van der Waals surface area contributed by atoms with Crippen molar-refractivity contribution in [3.63, 3.8) is 0 Å². The number of anilines is 1. The maximum Gasteiger partial charge on any atom is 0.433 e. The van der Waals surface area contributed by atoms with Gasteiger partial charge in [0.05, 0.1) is 23.6 Å². The third-order valence-electron chi connectivity index (χ3n) is 4.44. The minimum absolute atomic E-state index is 0.306. The molecule has 0 saturated carbocycles. The minimum atomic E-state index is -4.58. The van der Waals surface area contributed by atoms with Crippen molar-refractivity contribution in [1.29, 1.82) is 0 Å². The van der Waals surface area contributed by atoms with Crippen molar-refractivity contribution in [2.24, 2.45) is 7.05 Å². The summed E-state index contributed by atoms with van der Waals surface area (Å²) >= 11 is 0. The van der Waals surface area contributed by atoms with E-state index in [1.165, 1.54) is 0 Å². The molecule has 0 fully saturated rings. The Morgan fingerprint density at radius 2 is 1.86 bits per heavy atom. The van der Waals surface area contributed by atoms with Gasteiger partial charge in [0.2, 0.25) is 0 Å². The molecule has 3 rings (SSSR count). The van der Waals surface area contributed by atoms with E-state index in [1.54, 1.807) is 18.5 Å². The van der Waals surface area contributed by atoms with Crippen LogP contribution in [0.15, 0.2) is 30.3 Å². The van der Waals surface area contributed by atoms with Gasteiger partial charge >= 0.3 is 6.18 Å². The molecule has 2 heterocycles. The number of rotatable bonds is 4. The van der Waals surface area contributed by atoms with Crippen LogP contribution in [0.25, 0.3) is 0 Å². The Labute approximate surface area is 160 Å². The molecule has 1 N–H and O–H groups in total. The lowest BCUT2D eigenvalue weighted by Gasteiger charge is -2.07. The van der Waals surface area contributed by atoms with E-state index in [4.69, 9.17) is 0 Å². The van der Waals surface area contributed by atoms with Crippen LogP contribution in [-0.4, -0.2) is 25.5 Å². The number of halogens is 3. The molecule has 0 saturated heterocycles. The van der Waals surface area contributed by atoms with Crippen molar-refractivity contribution < 1.29 is 18.0 Å². The highest BCUT2D eigenvalue weighted by Crippen LogP contribution is 2.29. The molecule has 2 aromatic heterocycles. The zero-order valence-corrected chi connectivity index (χ0v) is 15.9. The van der Waals surface area contributed by atoms with E-state index >= 15 is 0 Å². The fraction of sp³-hybridized carbons (Fsp3) is 0.316. The summed E-state index contributed by atoms with van der Waals surface area (Å²) in [6, 6.07) is 8.71. The van der Waals surface area contributed by atoms with Crippen molar-refractivity contribution in [1.82, 2.24) is 19.6 Å². The van der Waals surface area contributed by atoms with Gasteiger partial charge in [-0.25, -0.2) is 0 Å². The van der Waals surface area contributed by atoms with Crippen LogP contribution in [-0.2, 0) is 19.8 Å². The van der Waals surface area contributed by atoms with Crippen LogP contribution in [0.2, 0.25) is 0 Å². The first-order valence-corrected chi connectivity index (χ1v) is 8.58. The van der Waals surface area contributed by atoms with Crippen LogP contribution in [0.4, 0.5) is 18.9 Å². The predicted octanol–water partition coefficient (Wildman–Crippen LogP) is 3.86. The molecule has 0 radical (unpaired) electrons. The number of hydrogen-bond acceptors (Lipinski definition) is 3. The normalized spacial score (nSPS) is 11.7. The Kier molecular flexibility index (Phi) is 5.01. The first kappa shape index (κ1) is 19.7. The number of carbonyl (C=O) groups excluding carboxylic acids is 1. The topological polar surface area (TPSA) is 64.7 Å². The fourth-order valence-electron chi connectivity index (χ4n) is 3.04. The van der Waals surface area contributed by atoms with Crippen LogP contribution in [0, 0.1) is 20.8 Å². The zero-order chi connectivity index (χ0) is 20.6. The second-order valence-corrected chi connectivity index (χ2v) is 6.68. The van der Waals surface area contributed by atoms with E-state index in [9.17, 15) is 18.0 Å². The smallest absolute Gasteiger partial charge is 0.317 e. The monoisotopic (exact) mass is 391 g/mol. The number of aromatic nitrogens is 4. The highest BCUT2D eigenvalue weighted by Gasteiger charge is 2.35. The van der Waals surface area contributed by atoms with Crippen LogP contribution >= 0.6 is 0 Å². The molecule has 1 aromatic carbocycles. The van der Waals surface area contributed by atoms with Gasteiger partial charge in [0, 0.05) is 13.1 Å². The maximum atomic E-state index is 12.9. The van der Waals surface area contributed by atoms with Crippen LogP contribution < -0.4 is 5.32 Å². The molecule has 1 amide bonds. The van der Waals surface area contributed by atoms with Crippen molar-refractivity contribution >= 4 is 11.6 Å². The molecule has 6 nitrogen and oxygen atoms in total. The summed E-state index contributed by atoms with van der Waals surface area (Å²) in [7, 11) is 1.15. The first-order valence-electron chi connectivity index (χ1n) is 8.58. The lowest BCUT2D eigenvalue weighted by Crippen LogP contribution is -2.14. The second kappa shape index (κ2) is 7.14. The summed E-state index contributed by atoms with van der Waals surface area (Å²) in [5.41, 5.74) is 2.65. The summed E-state index contributed by atoms with van der Waals surface area (Å²) < 4.78 is 41.1. The molecule has 0 aliphatic heterocycles. The van der Waals surface area contributed by atoms with Crippen LogP contribution in [0.3, 0.4) is 0 Å². The summed E-state index contributed by atoms with van der Waals surface area (Å²) in [4.78, 5) is 12.4. The highest BCUT2D eigenvalue weighted by atomic mass is 19.4. The van der Waals surface area contributed by atoms with Gasteiger partial charge in [-0.1, -0.05) is 29.8 Å². The van der Waals surface area contributed by atoms with E-state index < -0.39 is 17.8 Å². The molecule has 3 aromatic rings. The summed E-state index contributed by atoms with van der Waals surface area (Å²) in [6.45, 7) is 6.05. The van der Waals surface area contributed by atoms with Gasteiger partial charge in [-0.3, -0.25) is 14.2 Å². The Morgan fingerprint density at radius 1 is 1.14 bits per heavy atom.